The quantitative estimate of drug-likeness (QED) is 0.690. The van der Waals surface area contributed by atoms with Gasteiger partial charge in [0.25, 0.3) is 0 Å². The van der Waals surface area contributed by atoms with Gasteiger partial charge in [0.2, 0.25) is 11.7 Å². The van der Waals surface area contributed by atoms with Crippen LogP contribution in [0.5, 0.6) is 0 Å². The lowest BCUT2D eigenvalue weighted by Crippen LogP contribution is -2.10. The van der Waals surface area contributed by atoms with Crippen LogP contribution in [0.3, 0.4) is 0 Å². The average Bonchev–Trinajstić information content (AvgIpc) is 3.24. The maximum atomic E-state index is 12.7. The molecule has 3 aromatic rings. The molecular formula is C17H15N3O3S. The van der Waals surface area contributed by atoms with Crippen LogP contribution in [0, 0.1) is 0 Å². The van der Waals surface area contributed by atoms with Crippen molar-refractivity contribution in [3.63, 3.8) is 0 Å². The zero-order valence-electron chi connectivity index (χ0n) is 13.0. The van der Waals surface area contributed by atoms with Crippen LogP contribution in [0.2, 0.25) is 0 Å². The fourth-order valence-corrected chi connectivity index (χ4v) is 3.07. The zero-order valence-corrected chi connectivity index (χ0v) is 13.8. The maximum Gasteiger partial charge on any atom is 0.226 e. The van der Waals surface area contributed by atoms with Gasteiger partial charge in [0.1, 0.15) is 16.3 Å². The van der Waals surface area contributed by atoms with Crippen LogP contribution in [-0.2, 0) is 4.79 Å². The number of ketones is 1. The Hall–Kier alpha value is -2.80. The molecule has 0 atom stereocenters. The summed E-state index contributed by atoms with van der Waals surface area (Å²) in [6, 6.07) is 8.58. The maximum absolute atomic E-state index is 12.7. The standard InChI is InChI=1S/C17H15N3O3S/c1-2-6-13(21)19-17-20-14(12-8-5-10-23-12)16(24-17)15(22)11-7-3-4-9-18-11/h3-5,7-10H,2,6H2,1H3,(H,19,20,21). The molecule has 3 aromatic heterocycles. The molecular weight excluding hydrogens is 326 g/mol. The summed E-state index contributed by atoms with van der Waals surface area (Å²) < 4.78 is 5.37. The molecule has 0 fully saturated rings. The Kier molecular flexibility index (Phi) is 4.81. The molecule has 1 N–H and O–H groups in total. The molecule has 0 bridgehead atoms. The number of nitrogens with one attached hydrogen (secondary N) is 1. The Bertz CT molecular complexity index is 841. The third-order valence-corrected chi connectivity index (χ3v) is 4.18. The van der Waals surface area contributed by atoms with E-state index < -0.39 is 0 Å². The highest BCUT2D eigenvalue weighted by Gasteiger charge is 2.23. The Labute approximate surface area is 142 Å². The van der Waals surface area contributed by atoms with Gasteiger partial charge in [0.05, 0.1) is 6.26 Å². The second kappa shape index (κ2) is 7.18. The number of amides is 1. The van der Waals surface area contributed by atoms with Gasteiger partial charge in [0.15, 0.2) is 10.9 Å². The lowest BCUT2D eigenvalue weighted by molar-refractivity contribution is -0.116. The number of rotatable bonds is 6. The average molecular weight is 341 g/mol. The SMILES string of the molecule is CCCC(=O)Nc1nc(-c2ccco2)c(C(=O)c2ccccn2)s1. The zero-order chi connectivity index (χ0) is 16.9. The highest BCUT2D eigenvalue weighted by molar-refractivity contribution is 7.18. The van der Waals surface area contributed by atoms with Crippen molar-refractivity contribution in [2.24, 2.45) is 0 Å². The molecule has 0 aliphatic heterocycles. The van der Waals surface area contributed by atoms with Crippen molar-refractivity contribution in [2.45, 2.75) is 19.8 Å². The van der Waals surface area contributed by atoms with Crippen LogP contribution in [0.15, 0.2) is 47.2 Å². The Balaban J connectivity index is 1.99. The van der Waals surface area contributed by atoms with Crippen molar-refractivity contribution in [3.8, 4) is 11.5 Å². The van der Waals surface area contributed by atoms with Gasteiger partial charge in [-0.1, -0.05) is 24.3 Å². The summed E-state index contributed by atoms with van der Waals surface area (Å²) in [4.78, 5) is 33.4. The molecule has 0 aromatic carbocycles. The number of thiazole rings is 1. The summed E-state index contributed by atoms with van der Waals surface area (Å²) in [5.74, 6) is 0.0890. The number of carbonyl (C=O) groups excluding carboxylic acids is 2. The van der Waals surface area contributed by atoms with Gasteiger partial charge < -0.3 is 9.73 Å². The molecule has 0 saturated carbocycles. The van der Waals surface area contributed by atoms with Gasteiger partial charge in [-0.05, 0) is 30.7 Å². The van der Waals surface area contributed by atoms with Crippen molar-refractivity contribution in [1.29, 1.82) is 0 Å². The van der Waals surface area contributed by atoms with E-state index >= 15 is 0 Å². The molecule has 0 saturated heterocycles. The fraction of sp³-hybridized carbons (Fsp3) is 0.176. The third-order valence-electron chi connectivity index (χ3n) is 3.21. The Morgan fingerprint density at radius 3 is 2.79 bits per heavy atom. The number of aromatic nitrogens is 2. The molecule has 6 nitrogen and oxygen atoms in total. The van der Waals surface area contributed by atoms with Crippen molar-refractivity contribution in [3.05, 3.63) is 53.4 Å². The summed E-state index contributed by atoms with van der Waals surface area (Å²) in [5.41, 5.74) is 0.729. The highest BCUT2D eigenvalue weighted by Crippen LogP contribution is 2.33. The minimum absolute atomic E-state index is 0.130. The van der Waals surface area contributed by atoms with Gasteiger partial charge in [0, 0.05) is 12.6 Å². The number of nitrogens with zero attached hydrogens (tertiary/aromatic N) is 2. The van der Waals surface area contributed by atoms with E-state index in [9.17, 15) is 9.59 Å². The minimum Gasteiger partial charge on any atom is -0.463 e. The van der Waals surface area contributed by atoms with E-state index in [-0.39, 0.29) is 11.7 Å². The van der Waals surface area contributed by atoms with E-state index in [0.29, 0.717) is 33.6 Å². The molecule has 24 heavy (non-hydrogen) atoms. The van der Waals surface area contributed by atoms with Crippen LogP contribution in [0.1, 0.15) is 35.1 Å². The monoisotopic (exact) mass is 341 g/mol. The van der Waals surface area contributed by atoms with E-state index in [1.165, 1.54) is 6.26 Å². The van der Waals surface area contributed by atoms with Gasteiger partial charge in [-0.25, -0.2) is 4.98 Å². The first-order valence-electron chi connectivity index (χ1n) is 7.49. The molecule has 0 radical (unpaired) electrons. The van der Waals surface area contributed by atoms with E-state index in [0.717, 1.165) is 17.8 Å². The summed E-state index contributed by atoms with van der Waals surface area (Å²) in [7, 11) is 0. The van der Waals surface area contributed by atoms with Crippen LogP contribution < -0.4 is 5.32 Å². The van der Waals surface area contributed by atoms with Crippen molar-refractivity contribution >= 4 is 28.2 Å². The summed E-state index contributed by atoms with van der Waals surface area (Å²) in [6.45, 7) is 1.92. The molecule has 3 rings (SSSR count). The Morgan fingerprint density at radius 1 is 1.25 bits per heavy atom. The second-order valence-corrected chi connectivity index (χ2v) is 6.02. The predicted molar refractivity (Wildman–Crippen MR) is 91.0 cm³/mol. The lowest BCUT2D eigenvalue weighted by atomic mass is 10.1. The predicted octanol–water partition coefficient (Wildman–Crippen LogP) is 3.77. The van der Waals surface area contributed by atoms with Crippen LogP contribution in [0.4, 0.5) is 5.13 Å². The van der Waals surface area contributed by atoms with Gasteiger partial charge in [-0.15, -0.1) is 0 Å². The molecule has 0 aliphatic rings. The summed E-state index contributed by atoms with van der Waals surface area (Å²) in [6.07, 6.45) is 4.21. The summed E-state index contributed by atoms with van der Waals surface area (Å²) >= 11 is 1.12. The molecule has 7 heteroatoms. The van der Waals surface area contributed by atoms with Gasteiger partial charge in [-0.3, -0.25) is 14.6 Å². The summed E-state index contributed by atoms with van der Waals surface area (Å²) in [5, 5.41) is 3.10. The van der Waals surface area contributed by atoms with Crippen molar-refractivity contribution in [2.75, 3.05) is 5.32 Å². The van der Waals surface area contributed by atoms with E-state index in [1.54, 1.807) is 36.5 Å². The van der Waals surface area contributed by atoms with E-state index in [4.69, 9.17) is 4.42 Å². The lowest BCUT2D eigenvalue weighted by Gasteiger charge is -1.98. The van der Waals surface area contributed by atoms with Gasteiger partial charge in [-0.2, -0.15) is 0 Å². The fourth-order valence-electron chi connectivity index (χ4n) is 2.13. The smallest absolute Gasteiger partial charge is 0.226 e. The minimum atomic E-state index is -0.254. The number of hydrogen-bond acceptors (Lipinski definition) is 6. The number of pyridine rings is 1. The van der Waals surface area contributed by atoms with Crippen LogP contribution in [-0.4, -0.2) is 21.7 Å². The van der Waals surface area contributed by atoms with Crippen molar-refractivity contribution < 1.29 is 14.0 Å². The molecule has 0 aliphatic carbocycles. The largest absolute Gasteiger partial charge is 0.463 e. The van der Waals surface area contributed by atoms with Crippen LogP contribution in [0.25, 0.3) is 11.5 Å². The first-order chi connectivity index (χ1) is 11.7. The van der Waals surface area contributed by atoms with Crippen LogP contribution >= 0.6 is 11.3 Å². The molecule has 0 unspecified atom stereocenters. The normalized spacial score (nSPS) is 10.5. The number of hydrogen-bond donors (Lipinski definition) is 1. The molecule has 0 spiro atoms. The number of carbonyl (C=O) groups is 2. The second-order valence-electron chi connectivity index (χ2n) is 5.02. The number of furan rings is 1. The topological polar surface area (TPSA) is 85.1 Å². The van der Waals surface area contributed by atoms with E-state index in [2.05, 4.69) is 15.3 Å². The molecule has 122 valence electrons. The van der Waals surface area contributed by atoms with E-state index in [1.807, 2.05) is 6.92 Å². The number of anilines is 1. The first-order valence-corrected chi connectivity index (χ1v) is 8.31. The van der Waals surface area contributed by atoms with Gasteiger partial charge >= 0.3 is 0 Å². The third kappa shape index (κ3) is 3.41. The molecule has 1 amide bonds. The molecule has 3 heterocycles. The first kappa shape index (κ1) is 16.1. The van der Waals surface area contributed by atoms with Crippen molar-refractivity contribution in [1.82, 2.24) is 9.97 Å². The Morgan fingerprint density at radius 2 is 2.12 bits per heavy atom. The highest BCUT2D eigenvalue weighted by atomic mass is 32.1.